The van der Waals surface area contributed by atoms with Crippen molar-refractivity contribution in [1.82, 2.24) is 20.6 Å². The molecule has 2 bridgehead atoms. The van der Waals surface area contributed by atoms with E-state index in [-0.39, 0.29) is 36.6 Å². The second-order valence-electron chi connectivity index (χ2n) is 18.8. The van der Waals surface area contributed by atoms with Gasteiger partial charge in [0.25, 0.3) is 5.91 Å². The molecule has 0 radical (unpaired) electrons. The first-order valence-electron chi connectivity index (χ1n) is 20.0. The van der Waals surface area contributed by atoms with Crippen LogP contribution in [0, 0.1) is 34.5 Å². The number of fused-ring (bicyclic) bond motifs is 2. The summed E-state index contributed by atoms with van der Waals surface area (Å²) in [7, 11) is 9.57. The van der Waals surface area contributed by atoms with Gasteiger partial charge in [0.1, 0.15) is 18.1 Å². The summed E-state index contributed by atoms with van der Waals surface area (Å²) in [5.41, 5.74) is 4.07. The fraction of sp³-hybridized carbons (Fsp3) is 0.698. The number of aliphatic hydroxyl groups excluding tert-OH is 3. The minimum atomic E-state index is -1.01. The van der Waals surface area contributed by atoms with Crippen LogP contribution in [-0.2, 0) is 11.4 Å². The third-order valence-corrected chi connectivity index (χ3v) is 13.6. The molecule has 4 fully saturated rings. The van der Waals surface area contributed by atoms with Crippen molar-refractivity contribution in [3.05, 3.63) is 45.9 Å². The Morgan fingerprint density at radius 3 is 2.36 bits per heavy atom. The smallest absolute Gasteiger partial charge is 0.252 e. The molecule has 5 N–H and O–H groups in total. The van der Waals surface area contributed by atoms with Crippen molar-refractivity contribution in [3.8, 4) is 16.9 Å². The van der Waals surface area contributed by atoms with Gasteiger partial charge in [-0.15, -0.1) is 0 Å². The van der Waals surface area contributed by atoms with Crippen LogP contribution >= 0.6 is 15.9 Å². The average Bonchev–Trinajstić information content (AvgIpc) is 3.46. The average molecular weight is 831 g/mol. The molecular weight excluding hydrogens is 762 g/mol. The summed E-state index contributed by atoms with van der Waals surface area (Å²) in [6.45, 7) is 15.9. The highest BCUT2D eigenvalue weighted by molar-refractivity contribution is 9.10. The number of hydrogen-bond donors (Lipinski definition) is 5. The highest BCUT2D eigenvalue weighted by Gasteiger charge is 2.57. The van der Waals surface area contributed by atoms with Crippen molar-refractivity contribution < 1.29 is 29.7 Å². The lowest BCUT2D eigenvalue weighted by molar-refractivity contribution is -0.195. The number of benzene rings is 2. The number of methoxy groups -OCH3 is 1. The first-order valence-corrected chi connectivity index (χ1v) is 20.8. The summed E-state index contributed by atoms with van der Waals surface area (Å²) in [4.78, 5) is 24.6. The third-order valence-electron chi connectivity index (χ3n) is 12.7. The van der Waals surface area contributed by atoms with E-state index in [4.69, 9.17) is 9.57 Å². The Kier molecular flexibility index (Phi) is 13.8. The van der Waals surface area contributed by atoms with Gasteiger partial charge >= 0.3 is 0 Å². The lowest BCUT2D eigenvalue weighted by Gasteiger charge is -2.62. The van der Waals surface area contributed by atoms with E-state index in [9.17, 15) is 20.1 Å². The Balaban J connectivity index is 1.48. The number of hydrogen-bond acceptors (Lipinski definition) is 10. The molecule has 1 saturated heterocycles. The molecule has 0 spiro atoms. The van der Waals surface area contributed by atoms with Crippen LogP contribution in [0.1, 0.15) is 83.7 Å². The summed E-state index contributed by atoms with van der Waals surface area (Å²) in [6.07, 6.45) is 0.479. The van der Waals surface area contributed by atoms with E-state index >= 15 is 0 Å². The minimum Gasteiger partial charge on any atom is -0.496 e. The van der Waals surface area contributed by atoms with Crippen molar-refractivity contribution in [3.63, 3.8) is 0 Å². The van der Waals surface area contributed by atoms with Gasteiger partial charge in [-0.1, -0.05) is 59.7 Å². The molecule has 55 heavy (non-hydrogen) atoms. The molecule has 10 atom stereocenters. The van der Waals surface area contributed by atoms with E-state index in [1.807, 2.05) is 63.4 Å². The maximum atomic E-state index is 14.1. The standard InChI is InChI=1S/C43H68BrN5O6/c1-24-33-16-27(43(33,6)7)17-34(24)46-41(53)38-36(25(2)51)35(23-50)55-49(38)21-26-14-13-15-30(39(26)54-12)31-18-29(48(10)11)19-32(37(31)44)40(52)45-28(22-47(8)9)20-42(3,4)5/h13-15,18-19,24-25,27-28,33-36,38,41,46,50-51,53H,16-17,20-23H2,1-12H3,(H,45,52)/t24-,25-,27-,28-,33-,34-,35-,36+,38-,41?/m0/s1. The van der Waals surface area contributed by atoms with Gasteiger partial charge in [0, 0.05) is 65.5 Å². The van der Waals surface area contributed by atoms with Crippen LogP contribution in [0.15, 0.2) is 34.8 Å². The van der Waals surface area contributed by atoms with Gasteiger partial charge in [0.05, 0.1) is 38.0 Å². The Bertz CT molecular complexity index is 1650. The number of amides is 1. The first kappa shape index (κ1) is 43.8. The Morgan fingerprint density at radius 1 is 1.13 bits per heavy atom. The van der Waals surface area contributed by atoms with Crippen LogP contribution < -0.4 is 20.3 Å². The van der Waals surface area contributed by atoms with E-state index in [0.29, 0.717) is 45.5 Å². The zero-order valence-corrected chi connectivity index (χ0v) is 36.8. The molecule has 2 aromatic carbocycles. The predicted octanol–water partition coefficient (Wildman–Crippen LogP) is 5.74. The monoisotopic (exact) mass is 829 g/mol. The van der Waals surface area contributed by atoms with Crippen LogP contribution in [0.3, 0.4) is 0 Å². The van der Waals surface area contributed by atoms with Gasteiger partial charge in [-0.05, 0) is 96.9 Å². The molecule has 1 unspecified atom stereocenters. The predicted molar refractivity (Wildman–Crippen MR) is 223 cm³/mol. The molecular formula is C43H68BrN5O6. The summed E-state index contributed by atoms with van der Waals surface area (Å²) in [5, 5.41) is 42.0. The number of carbonyl (C=O) groups excluding carboxylic acids is 1. The molecule has 11 nitrogen and oxygen atoms in total. The summed E-state index contributed by atoms with van der Waals surface area (Å²) in [6, 6.07) is 9.27. The molecule has 308 valence electrons. The number of likely N-dealkylation sites (N-methyl/N-ethyl adjacent to an activating group) is 1. The zero-order chi connectivity index (χ0) is 40.7. The van der Waals surface area contributed by atoms with Crippen molar-refractivity contribution in [2.75, 3.05) is 53.4 Å². The molecule has 2 aromatic rings. The molecule has 12 heteroatoms. The second kappa shape index (κ2) is 17.3. The quantitative estimate of drug-likeness (QED) is 0.142. The summed E-state index contributed by atoms with van der Waals surface area (Å²) < 4.78 is 6.81. The van der Waals surface area contributed by atoms with Crippen LogP contribution in [0.4, 0.5) is 5.69 Å². The molecule has 1 aliphatic heterocycles. The second-order valence-corrected chi connectivity index (χ2v) is 19.6. The largest absolute Gasteiger partial charge is 0.496 e. The van der Waals surface area contributed by atoms with Gasteiger partial charge < -0.3 is 35.2 Å². The number of para-hydroxylation sites is 1. The Labute approximate surface area is 338 Å². The fourth-order valence-corrected chi connectivity index (χ4v) is 10.5. The van der Waals surface area contributed by atoms with E-state index < -0.39 is 30.4 Å². The molecule has 1 amide bonds. The molecule has 3 saturated carbocycles. The number of ether oxygens (including phenoxy) is 1. The fourth-order valence-electron chi connectivity index (χ4n) is 9.84. The highest BCUT2D eigenvalue weighted by Crippen LogP contribution is 2.61. The lowest BCUT2D eigenvalue weighted by Crippen LogP contribution is -2.63. The van der Waals surface area contributed by atoms with Gasteiger partial charge in [0.15, 0.2) is 0 Å². The molecule has 1 heterocycles. The van der Waals surface area contributed by atoms with Crippen molar-refractivity contribution >= 4 is 27.5 Å². The molecule has 4 aliphatic rings. The third kappa shape index (κ3) is 9.38. The van der Waals surface area contributed by atoms with Crippen LogP contribution in [-0.4, -0.2) is 116 Å². The number of nitrogens with one attached hydrogen (secondary N) is 2. The Morgan fingerprint density at radius 2 is 1.82 bits per heavy atom. The van der Waals surface area contributed by atoms with Crippen molar-refractivity contribution in [1.29, 1.82) is 0 Å². The number of nitrogens with zero attached hydrogens (tertiary/aromatic N) is 3. The zero-order valence-electron chi connectivity index (χ0n) is 35.2. The van der Waals surface area contributed by atoms with Gasteiger partial charge in [-0.3, -0.25) is 14.9 Å². The van der Waals surface area contributed by atoms with Crippen LogP contribution in [0.25, 0.3) is 11.1 Å². The van der Waals surface area contributed by atoms with E-state index in [0.717, 1.165) is 35.2 Å². The molecule has 3 aliphatic carbocycles. The van der Waals surface area contributed by atoms with Gasteiger partial charge in [-0.25, -0.2) is 0 Å². The first-order chi connectivity index (χ1) is 25.7. The maximum Gasteiger partial charge on any atom is 0.252 e. The number of hydroxylamine groups is 2. The summed E-state index contributed by atoms with van der Waals surface area (Å²) >= 11 is 3.84. The number of rotatable bonds is 15. The van der Waals surface area contributed by atoms with E-state index in [1.165, 1.54) is 6.42 Å². The van der Waals surface area contributed by atoms with Crippen molar-refractivity contribution in [2.24, 2.45) is 34.5 Å². The normalized spacial score (nSPS) is 28.1. The minimum absolute atomic E-state index is 0.0258. The topological polar surface area (TPSA) is 130 Å². The number of anilines is 1. The van der Waals surface area contributed by atoms with Crippen molar-refractivity contribution in [2.45, 2.75) is 111 Å². The van der Waals surface area contributed by atoms with Crippen LogP contribution in [0.2, 0.25) is 0 Å². The van der Waals surface area contributed by atoms with Gasteiger partial charge in [-0.2, -0.15) is 5.06 Å². The van der Waals surface area contributed by atoms with E-state index in [1.54, 1.807) is 19.1 Å². The number of aliphatic hydroxyl groups is 3. The molecule has 6 rings (SSSR count). The number of halogens is 1. The maximum absolute atomic E-state index is 14.1. The number of carbonyl (C=O) groups is 1. The lowest BCUT2D eigenvalue weighted by atomic mass is 9.44. The van der Waals surface area contributed by atoms with Gasteiger partial charge in [0.2, 0.25) is 0 Å². The summed E-state index contributed by atoms with van der Waals surface area (Å²) in [5.74, 6) is 1.48. The molecule has 0 aromatic heterocycles. The Hall–Kier alpha value is -2.29. The SMILES string of the molecule is COc1c(CN2O[C@@H](CO)[C@@H]([C@H](C)O)[C@H]2C(O)N[C@H]2C[C@@H]3C[C@@H]([C@@H]2C)C3(C)C)cccc1-c1cc(N(C)C)cc(C(=O)N[C@H](CN(C)C)CC(C)(C)C)c1Br. The highest BCUT2D eigenvalue weighted by atomic mass is 79.9. The van der Waals surface area contributed by atoms with Crippen LogP contribution in [0.5, 0.6) is 5.75 Å². The van der Waals surface area contributed by atoms with E-state index in [2.05, 4.69) is 73.0 Å².